The number of thiol groups is 1. The zero-order valence-electron chi connectivity index (χ0n) is 8.18. The van der Waals surface area contributed by atoms with Crippen molar-refractivity contribution in [1.82, 2.24) is 0 Å². The van der Waals surface area contributed by atoms with Crippen molar-refractivity contribution in [2.75, 3.05) is 0 Å². The molecular formula is C12H8O3S. The molecule has 0 spiro atoms. The summed E-state index contributed by atoms with van der Waals surface area (Å²) < 4.78 is 0. The van der Waals surface area contributed by atoms with Gasteiger partial charge in [-0.15, -0.1) is 12.6 Å². The summed E-state index contributed by atoms with van der Waals surface area (Å²) in [6, 6.07) is 9.94. The fourth-order valence-electron chi connectivity index (χ4n) is 1.70. The molecule has 0 radical (unpaired) electrons. The number of carboxylic acids is 1. The van der Waals surface area contributed by atoms with Gasteiger partial charge in [0.05, 0.1) is 5.56 Å². The Labute approximate surface area is 97.1 Å². The molecule has 0 heterocycles. The zero-order chi connectivity index (χ0) is 11.7. The Morgan fingerprint density at radius 3 is 2.06 bits per heavy atom. The third kappa shape index (κ3) is 1.67. The van der Waals surface area contributed by atoms with Crippen molar-refractivity contribution >= 4 is 34.5 Å². The van der Waals surface area contributed by atoms with Crippen molar-refractivity contribution in [3.05, 3.63) is 47.5 Å². The maximum absolute atomic E-state index is 11.3. The lowest BCUT2D eigenvalue weighted by Gasteiger charge is -2.05. The molecule has 4 heteroatoms. The molecule has 0 saturated carbocycles. The minimum Gasteiger partial charge on any atom is -0.478 e. The Balaban J connectivity index is 2.92. The number of hydrogen-bond acceptors (Lipinski definition) is 2. The van der Waals surface area contributed by atoms with E-state index in [0.717, 1.165) is 5.39 Å². The molecule has 0 aromatic heterocycles. The van der Waals surface area contributed by atoms with Crippen LogP contribution in [-0.2, 0) is 0 Å². The molecule has 0 bridgehead atoms. The molecule has 0 aliphatic carbocycles. The smallest absolute Gasteiger partial charge is 0.336 e. The summed E-state index contributed by atoms with van der Waals surface area (Å²) in [4.78, 5) is 22.4. The summed E-state index contributed by atoms with van der Waals surface area (Å²) in [6.07, 6.45) is 0. The summed E-state index contributed by atoms with van der Waals surface area (Å²) in [5.74, 6) is -1.05. The maximum atomic E-state index is 11.3. The first-order valence-corrected chi connectivity index (χ1v) is 5.04. The van der Waals surface area contributed by atoms with Crippen LogP contribution in [0, 0.1) is 0 Å². The van der Waals surface area contributed by atoms with Gasteiger partial charge in [0.2, 0.25) is 5.12 Å². The predicted octanol–water partition coefficient (Wildman–Crippen LogP) is 2.61. The van der Waals surface area contributed by atoms with Crippen molar-refractivity contribution in [2.45, 2.75) is 0 Å². The molecule has 2 aromatic carbocycles. The lowest BCUT2D eigenvalue weighted by atomic mass is 10.00. The largest absolute Gasteiger partial charge is 0.478 e. The third-order valence-corrected chi connectivity index (χ3v) is 2.61. The minimum absolute atomic E-state index is 0.121. The van der Waals surface area contributed by atoms with Crippen molar-refractivity contribution in [1.29, 1.82) is 0 Å². The van der Waals surface area contributed by atoms with Crippen LogP contribution in [0.2, 0.25) is 0 Å². The van der Waals surface area contributed by atoms with E-state index in [-0.39, 0.29) is 5.56 Å². The van der Waals surface area contributed by atoms with Crippen molar-refractivity contribution in [2.24, 2.45) is 0 Å². The lowest BCUT2D eigenvalue weighted by Crippen LogP contribution is -2.01. The number of carbonyl (C=O) groups is 2. The van der Waals surface area contributed by atoms with E-state index in [1.807, 2.05) is 0 Å². The van der Waals surface area contributed by atoms with Crippen molar-refractivity contribution in [3.8, 4) is 0 Å². The van der Waals surface area contributed by atoms with Gasteiger partial charge in [-0.25, -0.2) is 4.79 Å². The number of benzene rings is 2. The highest BCUT2D eigenvalue weighted by Gasteiger charge is 2.13. The van der Waals surface area contributed by atoms with E-state index in [4.69, 9.17) is 5.11 Å². The van der Waals surface area contributed by atoms with Gasteiger partial charge in [0, 0.05) is 10.9 Å². The number of carboxylic acid groups (broad SMARTS) is 1. The Morgan fingerprint density at radius 2 is 1.56 bits per heavy atom. The van der Waals surface area contributed by atoms with E-state index in [0.29, 0.717) is 10.9 Å². The van der Waals surface area contributed by atoms with Crippen molar-refractivity contribution < 1.29 is 14.7 Å². The van der Waals surface area contributed by atoms with Crippen LogP contribution in [0.15, 0.2) is 36.4 Å². The summed E-state index contributed by atoms with van der Waals surface area (Å²) in [7, 11) is 0. The van der Waals surface area contributed by atoms with Crippen LogP contribution in [0.1, 0.15) is 20.7 Å². The highest BCUT2D eigenvalue weighted by molar-refractivity contribution is 7.97. The third-order valence-electron chi connectivity index (χ3n) is 2.37. The number of rotatable bonds is 2. The normalized spacial score (nSPS) is 10.3. The quantitative estimate of drug-likeness (QED) is 0.782. The van der Waals surface area contributed by atoms with Crippen LogP contribution in [0.4, 0.5) is 0 Å². The molecule has 0 fully saturated rings. The Morgan fingerprint density at radius 1 is 1.00 bits per heavy atom. The van der Waals surface area contributed by atoms with E-state index in [9.17, 15) is 9.59 Å². The Kier molecular flexibility index (Phi) is 2.66. The van der Waals surface area contributed by atoms with Gasteiger partial charge in [0.25, 0.3) is 0 Å². The van der Waals surface area contributed by atoms with Crippen LogP contribution in [0.3, 0.4) is 0 Å². The highest BCUT2D eigenvalue weighted by Crippen LogP contribution is 2.24. The van der Waals surface area contributed by atoms with Crippen LogP contribution >= 0.6 is 12.6 Å². The van der Waals surface area contributed by atoms with Crippen LogP contribution in [0.5, 0.6) is 0 Å². The first kappa shape index (κ1) is 10.7. The summed E-state index contributed by atoms with van der Waals surface area (Å²) in [6.45, 7) is 0. The molecule has 16 heavy (non-hydrogen) atoms. The van der Waals surface area contributed by atoms with Gasteiger partial charge in [-0.2, -0.15) is 0 Å². The lowest BCUT2D eigenvalue weighted by molar-refractivity contribution is 0.0699. The fraction of sp³-hybridized carbons (Fsp3) is 0. The Bertz CT molecular complexity index is 541. The van der Waals surface area contributed by atoms with Gasteiger partial charge in [-0.3, -0.25) is 4.79 Å². The molecule has 80 valence electrons. The standard InChI is InChI=1S/C12H8O3S/c13-11(14)8-5-1-3-7-4-2-6-9(10(7)8)12(15)16/h1-6H,(H,13,14)(H,15,16). The van der Waals surface area contributed by atoms with E-state index in [2.05, 4.69) is 12.6 Å². The van der Waals surface area contributed by atoms with Crippen LogP contribution < -0.4 is 0 Å². The topological polar surface area (TPSA) is 54.4 Å². The molecule has 0 aliphatic heterocycles. The van der Waals surface area contributed by atoms with E-state index in [1.54, 1.807) is 30.3 Å². The average Bonchev–Trinajstić information content (AvgIpc) is 2.27. The zero-order valence-corrected chi connectivity index (χ0v) is 9.07. The van der Waals surface area contributed by atoms with E-state index < -0.39 is 11.1 Å². The Hall–Kier alpha value is -1.81. The fourth-order valence-corrected chi connectivity index (χ4v) is 1.88. The van der Waals surface area contributed by atoms with Gasteiger partial charge in [0.15, 0.2) is 0 Å². The van der Waals surface area contributed by atoms with Gasteiger partial charge in [-0.05, 0) is 17.5 Å². The first-order valence-electron chi connectivity index (χ1n) is 4.59. The van der Waals surface area contributed by atoms with Crippen LogP contribution in [0.25, 0.3) is 10.8 Å². The molecule has 0 unspecified atom stereocenters. The van der Waals surface area contributed by atoms with Gasteiger partial charge >= 0.3 is 5.97 Å². The first-order chi connectivity index (χ1) is 7.61. The second kappa shape index (κ2) is 3.98. The monoisotopic (exact) mass is 232 g/mol. The summed E-state index contributed by atoms with van der Waals surface area (Å²) in [5.41, 5.74) is 0.439. The molecule has 0 aliphatic rings. The van der Waals surface area contributed by atoms with Crippen LogP contribution in [-0.4, -0.2) is 16.2 Å². The molecule has 0 saturated heterocycles. The van der Waals surface area contributed by atoms with Gasteiger partial charge in [-0.1, -0.05) is 24.3 Å². The average molecular weight is 232 g/mol. The molecule has 0 atom stereocenters. The molecular weight excluding hydrogens is 224 g/mol. The van der Waals surface area contributed by atoms with E-state index >= 15 is 0 Å². The molecule has 2 rings (SSSR count). The summed E-state index contributed by atoms with van der Waals surface area (Å²) >= 11 is 3.75. The summed E-state index contributed by atoms with van der Waals surface area (Å²) in [5, 5.41) is 9.79. The van der Waals surface area contributed by atoms with Gasteiger partial charge < -0.3 is 5.11 Å². The molecule has 0 amide bonds. The molecule has 2 aromatic rings. The highest BCUT2D eigenvalue weighted by atomic mass is 32.1. The molecule has 1 N–H and O–H groups in total. The number of fused-ring (bicyclic) bond motifs is 1. The number of carbonyl (C=O) groups excluding carboxylic acids is 1. The maximum Gasteiger partial charge on any atom is 0.336 e. The SMILES string of the molecule is O=C(O)c1cccc2cccc(C(=O)S)c12. The second-order valence-corrected chi connectivity index (χ2v) is 3.73. The number of hydrogen-bond donors (Lipinski definition) is 2. The minimum atomic E-state index is -1.05. The number of aromatic carboxylic acids is 1. The predicted molar refractivity (Wildman–Crippen MR) is 64.2 cm³/mol. The van der Waals surface area contributed by atoms with E-state index in [1.165, 1.54) is 6.07 Å². The second-order valence-electron chi connectivity index (χ2n) is 3.32. The molecule has 3 nitrogen and oxygen atoms in total. The van der Waals surface area contributed by atoms with Gasteiger partial charge in [0.1, 0.15) is 0 Å². The van der Waals surface area contributed by atoms with Crippen molar-refractivity contribution in [3.63, 3.8) is 0 Å².